The van der Waals surface area contributed by atoms with Gasteiger partial charge in [0.1, 0.15) is 11.5 Å². The quantitative estimate of drug-likeness (QED) is 0.435. The molecule has 0 fully saturated rings. The summed E-state index contributed by atoms with van der Waals surface area (Å²) in [5.74, 6) is 0.644. The molecule has 3 rings (SSSR count). The minimum Gasteiger partial charge on any atom is -0.482 e. The number of carbonyl (C=O) groups excluding carboxylic acids is 1. The molecule has 0 heterocycles. The first-order chi connectivity index (χ1) is 12.5. The summed E-state index contributed by atoms with van der Waals surface area (Å²) in [7, 11) is 0. The van der Waals surface area contributed by atoms with E-state index in [1.165, 1.54) is 5.56 Å². The van der Waals surface area contributed by atoms with Crippen LogP contribution in [-0.4, -0.2) is 12.6 Å². The Bertz CT molecular complexity index is 900. The second-order valence-corrected chi connectivity index (χ2v) is 6.50. The van der Waals surface area contributed by atoms with E-state index in [-0.39, 0.29) is 6.61 Å². The van der Waals surface area contributed by atoms with Gasteiger partial charge in [-0.3, -0.25) is 0 Å². The molecule has 0 saturated heterocycles. The topological polar surface area (TPSA) is 35.5 Å². The van der Waals surface area contributed by atoms with Crippen molar-refractivity contribution in [1.82, 2.24) is 0 Å². The zero-order valence-electron chi connectivity index (χ0n) is 14.7. The van der Waals surface area contributed by atoms with Gasteiger partial charge in [-0.25, -0.2) is 4.79 Å². The first-order valence-corrected chi connectivity index (χ1v) is 8.66. The van der Waals surface area contributed by atoms with Crippen molar-refractivity contribution >= 4 is 17.6 Å². The molecular formula is C22H19ClO3. The second kappa shape index (κ2) is 8.07. The van der Waals surface area contributed by atoms with Gasteiger partial charge in [0.05, 0.1) is 0 Å². The van der Waals surface area contributed by atoms with Crippen LogP contribution in [0.3, 0.4) is 0 Å². The largest absolute Gasteiger partial charge is 0.482 e. The van der Waals surface area contributed by atoms with Crippen LogP contribution in [0.2, 0.25) is 5.02 Å². The Kier molecular flexibility index (Phi) is 5.59. The molecule has 3 aromatic rings. The zero-order valence-corrected chi connectivity index (χ0v) is 15.4. The molecule has 0 aromatic heterocycles. The third-order valence-corrected chi connectivity index (χ3v) is 4.19. The van der Waals surface area contributed by atoms with Crippen LogP contribution >= 0.6 is 11.6 Å². The first-order valence-electron chi connectivity index (χ1n) is 8.28. The summed E-state index contributed by atoms with van der Waals surface area (Å²) in [4.78, 5) is 12.0. The lowest BCUT2D eigenvalue weighted by Crippen LogP contribution is -2.17. The molecule has 0 spiro atoms. The average Bonchev–Trinajstić information content (AvgIpc) is 2.62. The van der Waals surface area contributed by atoms with Gasteiger partial charge in [0, 0.05) is 5.02 Å². The molecule has 3 nitrogen and oxygen atoms in total. The lowest BCUT2D eigenvalue weighted by molar-refractivity contribution is -0.136. The molecular weight excluding hydrogens is 348 g/mol. The van der Waals surface area contributed by atoms with Gasteiger partial charge in [-0.05, 0) is 60.9 Å². The van der Waals surface area contributed by atoms with Crippen molar-refractivity contribution in [1.29, 1.82) is 0 Å². The van der Waals surface area contributed by atoms with Crippen molar-refractivity contribution in [3.8, 4) is 22.6 Å². The van der Waals surface area contributed by atoms with Crippen molar-refractivity contribution in [3.63, 3.8) is 0 Å². The van der Waals surface area contributed by atoms with Gasteiger partial charge in [0.15, 0.2) is 6.61 Å². The van der Waals surface area contributed by atoms with Crippen LogP contribution in [0, 0.1) is 13.8 Å². The fraction of sp³-hybridized carbons (Fsp3) is 0.136. The van der Waals surface area contributed by atoms with Gasteiger partial charge in [-0.15, -0.1) is 0 Å². The van der Waals surface area contributed by atoms with Gasteiger partial charge < -0.3 is 9.47 Å². The van der Waals surface area contributed by atoms with E-state index >= 15 is 0 Å². The van der Waals surface area contributed by atoms with E-state index in [0.29, 0.717) is 16.5 Å². The van der Waals surface area contributed by atoms with Gasteiger partial charge in [0.25, 0.3) is 0 Å². The number of halogens is 1. The maximum absolute atomic E-state index is 12.0. The Morgan fingerprint density at radius 2 is 1.50 bits per heavy atom. The van der Waals surface area contributed by atoms with Crippen molar-refractivity contribution in [2.75, 3.05) is 6.61 Å². The van der Waals surface area contributed by atoms with Crippen LogP contribution in [0.4, 0.5) is 0 Å². The van der Waals surface area contributed by atoms with E-state index in [1.54, 1.807) is 30.3 Å². The smallest absolute Gasteiger partial charge is 0.349 e. The summed E-state index contributed by atoms with van der Waals surface area (Å²) in [5, 5.41) is 0.631. The lowest BCUT2D eigenvalue weighted by atomic mass is 10.0. The normalized spacial score (nSPS) is 10.4. The van der Waals surface area contributed by atoms with E-state index in [2.05, 4.69) is 31.2 Å². The number of ether oxygens (including phenoxy) is 2. The molecule has 0 atom stereocenters. The standard InChI is InChI=1S/C22H19ClO3/c1-15-3-5-17(6-4-15)18-7-10-20(11-8-18)26-22(24)14-25-21-12-9-19(23)13-16(21)2/h3-13H,14H2,1-2H3. The molecule has 0 amide bonds. The monoisotopic (exact) mass is 366 g/mol. The molecule has 132 valence electrons. The Balaban J connectivity index is 1.58. The van der Waals surface area contributed by atoms with Gasteiger partial charge >= 0.3 is 5.97 Å². The minimum atomic E-state index is -0.456. The van der Waals surface area contributed by atoms with Crippen molar-refractivity contribution in [2.45, 2.75) is 13.8 Å². The molecule has 4 heteroatoms. The highest BCUT2D eigenvalue weighted by Gasteiger charge is 2.08. The number of esters is 1. The number of hydrogen-bond donors (Lipinski definition) is 0. The molecule has 0 aliphatic carbocycles. The van der Waals surface area contributed by atoms with E-state index in [9.17, 15) is 4.79 Å². The Labute approximate surface area is 158 Å². The summed E-state index contributed by atoms with van der Waals surface area (Å²) in [5.41, 5.74) is 4.27. The van der Waals surface area contributed by atoms with Crippen LogP contribution in [0.5, 0.6) is 11.5 Å². The summed E-state index contributed by atoms with van der Waals surface area (Å²) in [6.07, 6.45) is 0. The molecule has 3 aromatic carbocycles. The van der Waals surface area contributed by atoms with Gasteiger partial charge in [0.2, 0.25) is 0 Å². The molecule has 0 bridgehead atoms. The van der Waals surface area contributed by atoms with Gasteiger partial charge in [-0.2, -0.15) is 0 Å². The molecule has 26 heavy (non-hydrogen) atoms. The van der Waals surface area contributed by atoms with Crippen LogP contribution in [0.25, 0.3) is 11.1 Å². The molecule has 0 N–H and O–H groups in total. The van der Waals surface area contributed by atoms with E-state index < -0.39 is 5.97 Å². The fourth-order valence-electron chi connectivity index (χ4n) is 2.53. The molecule has 0 aliphatic heterocycles. The molecule has 0 aliphatic rings. The van der Waals surface area contributed by atoms with E-state index in [0.717, 1.165) is 16.7 Å². The van der Waals surface area contributed by atoms with Crippen molar-refractivity contribution < 1.29 is 14.3 Å². The van der Waals surface area contributed by atoms with Crippen LogP contribution in [-0.2, 0) is 4.79 Å². The third kappa shape index (κ3) is 4.64. The summed E-state index contributed by atoms with van der Waals surface area (Å²) in [6.45, 7) is 3.76. The highest BCUT2D eigenvalue weighted by molar-refractivity contribution is 6.30. The van der Waals surface area contributed by atoms with Crippen molar-refractivity contribution in [3.05, 3.63) is 82.9 Å². The maximum atomic E-state index is 12.0. The van der Waals surface area contributed by atoms with Crippen LogP contribution in [0.1, 0.15) is 11.1 Å². The summed E-state index contributed by atoms with van der Waals surface area (Å²) in [6, 6.07) is 20.9. The number of aryl methyl sites for hydroxylation is 2. The summed E-state index contributed by atoms with van der Waals surface area (Å²) >= 11 is 5.90. The fourth-order valence-corrected chi connectivity index (χ4v) is 2.76. The Morgan fingerprint density at radius 1 is 0.885 bits per heavy atom. The first kappa shape index (κ1) is 18.0. The molecule has 0 saturated carbocycles. The Hall–Kier alpha value is -2.78. The number of carbonyl (C=O) groups is 1. The predicted octanol–water partition coefficient (Wildman–Crippen LogP) is 5.61. The molecule has 0 radical (unpaired) electrons. The SMILES string of the molecule is Cc1ccc(-c2ccc(OC(=O)COc3ccc(Cl)cc3C)cc2)cc1. The maximum Gasteiger partial charge on any atom is 0.349 e. The molecule has 0 unspecified atom stereocenters. The van der Waals surface area contributed by atoms with Crippen molar-refractivity contribution in [2.24, 2.45) is 0 Å². The Morgan fingerprint density at radius 3 is 2.12 bits per heavy atom. The van der Waals surface area contributed by atoms with Crippen LogP contribution < -0.4 is 9.47 Å². The van der Waals surface area contributed by atoms with Gasteiger partial charge in [-0.1, -0.05) is 53.6 Å². The zero-order chi connectivity index (χ0) is 18.5. The average molecular weight is 367 g/mol. The number of rotatable bonds is 5. The van der Waals surface area contributed by atoms with Crippen LogP contribution in [0.15, 0.2) is 66.7 Å². The van der Waals surface area contributed by atoms with E-state index in [1.807, 2.05) is 19.1 Å². The number of benzene rings is 3. The third-order valence-electron chi connectivity index (χ3n) is 3.95. The van der Waals surface area contributed by atoms with E-state index in [4.69, 9.17) is 21.1 Å². The second-order valence-electron chi connectivity index (χ2n) is 6.06. The highest BCUT2D eigenvalue weighted by Crippen LogP contribution is 2.24. The number of hydrogen-bond acceptors (Lipinski definition) is 3. The predicted molar refractivity (Wildman–Crippen MR) is 104 cm³/mol. The summed E-state index contributed by atoms with van der Waals surface area (Å²) < 4.78 is 10.8. The lowest BCUT2D eigenvalue weighted by Gasteiger charge is -2.09. The highest BCUT2D eigenvalue weighted by atomic mass is 35.5. The minimum absolute atomic E-state index is 0.164.